The molecule has 0 radical (unpaired) electrons. The highest BCUT2D eigenvalue weighted by molar-refractivity contribution is 9.10. The highest BCUT2D eigenvalue weighted by Crippen LogP contribution is 2.26. The molecule has 0 saturated carbocycles. The Bertz CT molecular complexity index is 1090. The Morgan fingerprint density at radius 2 is 1.89 bits per heavy atom. The van der Waals surface area contributed by atoms with Gasteiger partial charge in [0.05, 0.1) is 12.8 Å². The molecule has 0 spiro atoms. The molecule has 0 atom stereocenters. The monoisotopic (exact) mass is 450 g/mol. The minimum absolute atomic E-state index is 0.0922. The van der Waals surface area contributed by atoms with Gasteiger partial charge in [-0.15, -0.1) is 0 Å². The van der Waals surface area contributed by atoms with Gasteiger partial charge in [0.2, 0.25) is 10.0 Å². The molecule has 0 fully saturated rings. The van der Waals surface area contributed by atoms with Gasteiger partial charge in [-0.2, -0.15) is 5.10 Å². The van der Waals surface area contributed by atoms with Gasteiger partial charge in [0.1, 0.15) is 16.3 Å². The molecule has 0 aliphatic carbocycles. The topological polar surface area (TPSA) is 127 Å². The maximum atomic E-state index is 12.4. The number of H-pyrrole nitrogens is 1. The van der Waals surface area contributed by atoms with Gasteiger partial charge in [0.25, 0.3) is 5.91 Å². The highest BCUT2D eigenvalue weighted by atomic mass is 79.9. The third kappa shape index (κ3) is 4.35. The first-order valence-corrected chi connectivity index (χ1v) is 9.95. The zero-order valence-corrected chi connectivity index (χ0v) is 16.5. The fourth-order valence-corrected chi connectivity index (χ4v) is 3.37. The molecule has 8 nitrogen and oxygen atoms in total. The lowest BCUT2D eigenvalue weighted by atomic mass is 10.1. The van der Waals surface area contributed by atoms with Crippen LogP contribution < -0.4 is 15.2 Å². The number of methoxy groups -OCH3 is 1. The van der Waals surface area contributed by atoms with E-state index in [4.69, 9.17) is 9.88 Å². The van der Waals surface area contributed by atoms with Crippen molar-refractivity contribution in [1.29, 1.82) is 0 Å². The van der Waals surface area contributed by atoms with Gasteiger partial charge in [-0.3, -0.25) is 9.89 Å². The first-order chi connectivity index (χ1) is 12.8. The van der Waals surface area contributed by atoms with E-state index in [0.717, 1.165) is 10.0 Å². The predicted octanol–water partition coefficient (Wildman–Crippen LogP) is 2.75. The number of hydrogen-bond acceptors (Lipinski definition) is 5. The lowest BCUT2D eigenvalue weighted by Crippen LogP contribution is -2.16. The molecule has 4 N–H and O–H groups in total. The first-order valence-electron chi connectivity index (χ1n) is 7.61. The number of amides is 1. The summed E-state index contributed by atoms with van der Waals surface area (Å²) in [6.45, 7) is 0. The molecule has 3 rings (SSSR count). The van der Waals surface area contributed by atoms with Crippen LogP contribution in [0.1, 0.15) is 10.5 Å². The Kier molecular flexibility index (Phi) is 5.31. The van der Waals surface area contributed by atoms with Crippen molar-refractivity contribution < 1.29 is 17.9 Å². The van der Waals surface area contributed by atoms with Crippen LogP contribution in [0.2, 0.25) is 0 Å². The van der Waals surface area contributed by atoms with Gasteiger partial charge in [-0.25, -0.2) is 13.6 Å². The van der Waals surface area contributed by atoms with E-state index in [1.165, 1.54) is 25.3 Å². The van der Waals surface area contributed by atoms with Crippen LogP contribution in [0.4, 0.5) is 5.69 Å². The third-order valence-electron chi connectivity index (χ3n) is 3.69. The number of aromatic nitrogens is 2. The average Bonchev–Trinajstić information content (AvgIpc) is 3.12. The molecule has 1 amide bonds. The van der Waals surface area contributed by atoms with Crippen molar-refractivity contribution in [3.8, 4) is 17.0 Å². The molecule has 1 heterocycles. The van der Waals surface area contributed by atoms with E-state index in [1.807, 2.05) is 24.3 Å². The zero-order valence-electron chi connectivity index (χ0n) is 14.1. The fourth-order valence-electron chi connectivity index (χ4n) is 2.38. The Labute approximate surface area is 163 Å². The smallest absolute Gasteiger partial charge is 0.273 e. The molecule has 27 heavy (non-hydrogen) atoms. The molecule has 0 unspecified atom stereocenters. The van der Waals surface area contributed by atoms with Crippen LogP contribution >= 0.6 is 15.9 Å². The van der Waals surface area contributed by atoms with E-state index < -0.39 is 15.9 Å². The van der Waals surface area contributed by atoms with Crippen molar-refractivity contribution in [2.45, 2.75) is 4.90 Å². The summed E-state index contributed by atoms with van der Waals surface area (Å²) >= 11 is 3.36. The van der Waals surface area contributed by atoms with Crippen LogP contribution in [0.15, 0.2) is 57.9 Å². The molecule has 1 aromatic heterocycles. The molecule has 10 heteroatoms. The number of halogens is 1. The van der Waals surface area contributed by atoms with E-state index in [9.17, 15) is 13.2 Å². The van der Waals surface area contributed by atoms with Crippen LogP contribution in [0, 0.1) is 0 Å². The molecule has 2 aromatic carbocycles. The maximum absolute atomic E-state index is 12.4. The molecule has 0 aliphatic heterocycles. The van der Waals surface area contributed by atoms with E-state index in [1.54, 1.807) is 6.07 Å². The number of nitrogens with one attached hydrogen (secondary N) is 2. The quantitative estimate of drug-likeness (QED) is 0.550. The molecular formula is C17H15BrN4O4S. The Balaban J connectivity index is 1.83. The van der Waals surface area contributed by atoms with Crippen LogP contribution in [0.3, 0.4) is 0 Å². The lowest BCUT2D eigenvalue weighted by molar-refractivity contribution is 0.102. The molecular weight excluding hydrogens is 436 g/mol. The Morgan fingerprint density at radius 3 is 2.52 bits per heavy atom. The van der Waals surface area contributed by atoms with E-state index in [0.29, 0.717) is 5.69 Å². The molecule has 0 saturated heterocycles. The second-order valence-corrected chi connectivity index (χ2v) is 7.98. The normalized spacial score (nSPS) is 11.2. The van der Waals surface area contributed by atoms with Gasteiger partial charge >= 0.3 is 0 Å². The number of ether oxygens (including phenoxy) is 1. The van der Waals surface area contributed by atoms with Gasteiger partial charge in [-0.1, -0.05) is 28.1 Å². The largest absolute Gasteiger partial charge is 0.495 e. The first kappa shape index (κ1) is 19.1. The standard InChI is InChI=1S/C17H15BrN4O4S/c1-26-15-7-6-12(8-16(15)27(19,24)25)20-17(23)14-9-13(21-22-14)10-2-4-11(18)5-3-10/h2-9H,1H3,(H,20,23)(H,21,22)(H2,19,24,25). The fraction of sp³-hybridized carbons (Fsp3) is 0.0588. The number of hydrogen-bond donors (Lipinski definition) is 3. The van der Waals surface area contributed by atoms with Crippen molar-refractivity contribution in [1.82, 2.24) is 10.2 Å². The summed E-state index contributed by atoms with van der Waals surface area (Å²) in [5.41, 5.74) is 1.92. The molecule has 140 valence electrons. The Hall–Kier alpha value is -2.69. The van der Waals surface area contributed by atoms with Gasteiger partial charge in [-0.05, 0) is 36.4 Å². The molecule has 0 aliphatic rings. The number of benzene rings is 2. The van der Waals surface area contributed by atoms with Crippen molar-refractivity contribution in [2.24, 2.45) is 5.14 Å². The summed E-state index contributed by atoms with van der Waals surface area (Å²) in [5, 5.41) is 14.6. The summed E-state index contributed by atoms with van der Waals surface area (Å²) < 4.78 is 29.3. The Morgan fingerprint density at radius 1 is 1.19 bits per heavy atom. The lowest BCUT2D eigenvalue weighted by Gasteiger charge is -2.09. The summed E-state index contributed by atoms with van der Waals surface area (Å²) in [5.74, 6) is -0.383. The number of carbonyl (C=O) groups is 1. The summed E-state index contributed by atoms with van der Waals surface area (Å²) in [6, 6.07) is 13.2. The van der Waals surface area contributed by atoms with E-state index in [2.05, 4.69) is 31.4 Å². The van der Waals surface area contributed by atoms with Gasteiger partial charge in [0, 0.05) is 15.7 Å². The summed E-state index contributed by atoms with van der Waals surface area (Å²) in [7, 11) is -2.67. The van der Waals surface area contributed by atoms with Crippen LogP contribution in [-0.2, 0) is 10.0 Å². The second kappa shape index (κ2) is 7.51. The van der Waals surface area contributed by atoms with Crippen LogP contribution in [0.25, 0.3) is 11.3 Å². The molecule has 3 aromatic rings. The number of nitrogens with two attached hydrogens (primary N) is 1. The van der Waals surface area contributed by atoms with Gasteiger partial charge < -0.3 is 10.1 Å². The highest BCUT2D eigenvalue weighted by Gasteiger charge is 2.17. The van der Waals surface area contributed by atoms with Crippen molar-refractivity contribution >= 4 is 37.5 Å². The summed E-state index contributed by atoms with van der Waals surface area (Å²) in [4.78, 5) is 12.2. The molecule has 0 bridgehead atoms. The average molecular weight is 451 g/mol. The number of anilines is 1. The number of sulfonamides is 1. The number of rotatable bonds is 5. The van der Waals surface area contributed by atoms with Crippen LogP contribution in [-0.4, -0.2) is 31.6 Å². The number of primary sulfonamides is 1. The minimum Gasteiger partial charge on any atom is -0.495 e. The van der Waals surface area contributed by atoms with E-state index >= 15 is 0 Å². The number of carbonyl (C=O) groups excluding carboxylic acids is 1. The number of aromatic amines is 1. The van der Waals surface area contributed by atoms with Crippen molar-refractivity contribution in [3.05, 3.63) is 58.7 Å². The zero-order chi connectivity index (χ0) is 19.6. The minimum atomic E-state index is -4.00. The predicted molar refractivity (Wildman–Crippen MR) is 104 cm³/mol. The van der Waals surface area contributed by atoms with Crippen LogP contribution in [0.5, 0.6) is 5.75 Å². The second-order valence-electron chi connectivity index (χ2n) is 5.54. The van der Waals surface area contributed by atoms with Gasteiger partial charge in [0.15, 0.2) is 0 Å². The third-order valence-corrected chi connectivity index (χ3v) is 5.15. The SMILES string of the molecule is COc1ccc(NC(=O)c2cc(-c3ccc(Br)cc3)n[nH]2)cc1S(N)(=O)=O. The van der Waals surface area contributed by atoms with Crippen molar-refractivity contribution in [3.63, 3.8) is 0 Å². The maximum Gasteiger partial charge on any atom is 0.273 e. The number of nitrogens with zero attached hydrogens (tertiary/aromatic N) is 1. The summed E-state index contributed by atoms with van der Waals surface area (Å²) in [6.07, 6.45) is 0. The van der Waals surface area contributed by atoms with E-state index in [-0.39, 0.29) is 22.0 Å². The van der Waals surface area contributed by atoms with Crippen molar-refractivity contribution in [2.75, 3.05) is 12.4 Å².